The molecule has 0 unspecified atom stereocenters. The van der Waals surface area contributed by atoms with Crippen molar-refractivity contribution in [1.29, 1.82) is 0 Å². The zero-order valence-electron chi connectivity index (χ0n) is 18.8. The summed E-state index contributed by atoms with van der Waals surface area (Å²) in [6.07, 6.45) is 7.81. The van der Waals surface area contributed by atoms with Crippen LogP contribution in [0.3, 0.4) is 0 Å². The third-order valence-corrected chi connectivity index (χ3v) is 9.05. The zero-order valence-corrected chi connectivity index (χ0v) is 20.4. The molecule has 0 bridgehead atoms. The van der Waals surface area contributed by atoms with Crippen LogP contribution in [0.1, 0.15) is 44.1 Å². The smallest absolute Gasteiger partial charge is 0.248 e. The number of aromatic nitrogens is 1. The van der Waals surface area contributed by atoms with Crippen molar-refractivity contribution >= 4 is 38.3 Å². The van der Waals surface area contributed by atoms with Crippen LogP contribution in [0.5, 0.6) is 0 Å². The molecule has 1 aromatic carbocycles. The molecule has 1 saturated carbocycles. The first-order valence-electron chi connectivity index (χ1n) is 11.4. The Bertz CT molecular complexity index is 1060. The van der Waals surface area contributed by atoms with Gasteiger partial charge < -0.3 is 10.2 Å². The molecule has 8 nitrogen and oxygen atoms in total. The van der Waals surface area contributed by atoms with Gasteiger partial charge in [-0.25, -0.2) is 13.4 Å². The summed E-state index contributed by atoms with van der Waals surface area (Å²) in [6, 6.07) is 5.99. The van der Waals surface area contributed by atoms with Gasteiger partial charge in [-0.05, 0) is 31.4 Å². The van der Waals surface area contributed by atoms with Gasteiger partial charge in [0.05, 0.1) is 11.4 Å². The monoisotopic (exact) mass is 490 g/mol. The fourth-order valence-electron chi connectivity index (χ4n) is 4.65. The number of piperazine rings is 1. The van der Waals surface area contributed by atoms with Crippen LogP contribution in [-0.2, 0) is 19.6 Å². The first-order chi connectivity index (χ1) is 15.8. The van der Waals surface area contributed by atoms with Gasteiger partial charge in [-0.1, -0.05) is 49.8 Å². The van der Waals surface area contributed by atoms with Crippen molar-refractivity contribution < 1.29 is 18.0 Å². The van der Waals surface area contributed by atoms with Crippen molar-refractivity contribution in [3.05, 3.63) is 41.4 Å². The lowest BCUT2D eigenvalue weighted by Gasteiger charge is -2.39. The van der Waals surface area contributed by atoms with E-state index in [1.54, 1.807) is 40.7 Å². The van der Waals surface area contributed by atoms with E-state index in [9.17, 15) is 18.0 Å². The Balaban J connectivity index is 1.49. The maximum atomic E-state index is 13.2. The molecule has 1 atom stereocenters. The third kappa shape index (κ3) is 5.62. The van der Waals surface area contributed by atoms with Crippen LogP contribution in [-0.4, -0.2) is 60.1 Å². The lowest BCUT2D eigenvalue weighted by molar-refractivity contribution is -0.142. The van der Waals surface area contributed by atoms with Crippen LogP contribution in [0.15, 0.2) is 40.7 Å². The number of hydrogen-bond donors (Lipinski definition) is 1. The first kappa shape index (κ1) is 23.8. The molecule has 178 valence electrons. The Kier molecular flexibility index (Phi) is 7.45. The SMILES string of the molecule is Cc1ccc(S(=O)(=O)N2CCN([C@@H](CC3CCCCC3)C(=O)Nc3nccs3)C(=O)C2)cc1. The second-order valence-corrected chi connectivity index (χ2v) is 11.7. The van der Waals surface area contributed by atoms with Crippen molar-refractivity contribution in [3.8, 4) is 0 Å². The maximum absolute atomic E-state index is 13.2. The van der Waals surface area contributed by atoms with Crippen LogP contribution in [0.2, 0.25) is 0 Å². The van der Waals surface area contributed by atoms with E-state index in [-0.39, 0.29) is 36.3 Å². The summed E-state index contributed by atoms with van der Waals surface area (Å²) in [7, 11) is -3.77. The number of amides is 2. The lowest BCUT2D eigenvalue weighted by Crippen LogP contribution is -2.58. The molecule has 10 heteroatoms. The van der Waals surface area contributed by atoms with E-state index >= 15 is 0 Å². The molecule has 1 saturated heterocycles. The Labute approximate surface area is 199 Å². The van der Waals surface area contributed by atoms with Crippen LogP contribution < -0.4 is 5.32 Å². The molecule has 0 radical (unpaired) electrons. The predicted molar refractivity (Wildman–Crippen MR) is 127 cm³/mol. The number of thiazole rings is 1. The Morgan fingerprint density at radius 2 is 1.91 bits per heavy atom. The molecular formula is C23H30N4O4S2. The minimum Gasteiger partial charge on any atom is -0.328 e. The molecule has 1 aliphatic heterocycles. The van der Waals surface area contributed by atoms with E-state index in [2.05, 4.69) is 10.3 Å². The number of carbonyl (C=O) groups excluding carboxylic acids is 2. The zero-order chi connectivity index (χ0) is 23.4. The second-order valence-electron chi connectivity index (χ2n) is 8.82. The van der Waals surface area contributed by atoms with E-state index in [4.69, 9.17) is 0 Å². The molecule has 2 aliphatic rings. The summed E-state index contributed by atoms with van der Waals surface area (Å²) in [6.45, 7) is 1.98. The van der Waals surface area contributed by atoms with Crippen molar-refractivity contribution in [3.63, 3.8) is 0 Å². The summed E-state index contributed by atoms with van der Waals surface area (Å²) in [5.41, 5.74) is 0.964. The van der Waals surface area contributed by atoms with Gasteiger partial charge in [-0.3, -0.25) is 9.59 Å². The second kappa shape index (κ2) is 10.3. The van der Waals surface area contributed by atoms with Crippen molar-refractivity contribution in [2.75, 3.05) is 25.0 Å². The first-order valence-corrected chi connectivity index (χ1v) is 13.7. The highest BCUT2D eigenvalue weighted by molar-refractivity contribution is 7.89. The summed E-state index contributed by atoms with van der Waals surface area (Å²) in [5.74, 6) is -0.210. The number of hydrogen-bond acceptors (Lipinski definition) is 6. The van der Waals surface area contributed by atoms with Gasteiger partial charge in [0.15, 0.2) is 5.13 Å². The highest BCUT2D eigenvalue weighted by Crippen LogP contribution is 2.30. The molecular weight excluding hydrogens is 460 g/mol. The normalized spacial score (nSPS) is 19.4. The van der Waals surface area contributed by atoms with Crippen LogP contribution in [0.4, 0.5) is 5.13 Å². The largest absolute Gasteiger partial charge is 0.328 e. The van der Waals surface area contributed by atoms with E-state index in [1.807, 2.05) is 6.92 Å². The van der Waals surface area contributed by atoms with Gasteiger partial charge in [0.2, 0.25) is 21.8 Å². The number of sulfonamides is 1. The molecule has 2 heterocycles. The van der Waals surface area contributed by atoms with E-state index < -0.39 is 16.1 Å². The minimum absolute atomic E-state index is 0.160. The fourth-order valence-corrected chi connectivity index (χ4v) is 6.56. The Hall–Kier alpha value is -2.30. The summed E-state index contributed by atoms with van der Waals surface area (Å²) in [4.78, 5) is 32.2. The maximum Gasteiger partial charge on any atom is 0.248 e. The summed E-state index contributed by atoms with van der Waals surface area (Å²) >= 11 is 1.33. The number of nitrogens with one attached hydrogen (secondary N) is 1. The Morgan fingerprint density at radius 1 is 1.18 bits per heavy atom. The average molecular weight is 491 g/mol. The topological polar surface area (TPSA) is 99.7 Å². The molecule has 1 aromatic heterocycles. The molecule has 4 rings (SSSR count). The summed E-state index contributed by atoms with van der Waals surface area (Å²) < 4.78 is 27.3. The molecule has 2 amide bonds. The predicted octanol–water partition coefficient (Wildman–Crippen LogP) is 3.26. The fraction of sp³-hybridized carbons (Fsp3) is 0.522. The number of benzene rings is 1. The van der Waals surface area contributed by atoms with E-state index in [0.29, 0.717) is 17.5 Å². The highest BCUT2D eigenvalue weighted by Gasteiger charge is 2.39. The van der Waals surface area contributed by atoms with Crippen molar-refractivity contribution in [1.82, 2.24) is 14.2 Å². The number of aryl methyl sites for hydroxylation is 1. The van der Waals surface area contributed by atoms with Gasteiger partial charge in [0, 0.05) is 24.7 Å². The van der Waals surface area contributed by atoms with E-state index in [0.717, 1.165) is 31.2 Å². The van der Waals surface area contributed by atoms with Gasteiger partial charge in [0.1, 0.15) is 6.04 Å². The molecule has 1 N–H and O–H groups in total. The quantitative estimate of drug-likeness (QED) is 0.642. The van der Waals surface area contributed by atoms with Gasteiger partial charge in [0.25, 0.3) is 0 Å². The summed E-state index contributed by atoms with van der Waals surface area (Å²) in [5, 5.41) is 5.13. The van der Waals surface area contributed by atoms with Crippen molar-refractivity contribution in [2.24, 2.45) is 5.92 Å². The van der Waals surface area contributed by atoms with Gasteiger partial charge in [-0.2, -0.15) is 4.31 Å². The molecule has 0 spiro atoms. The van der Waals surface area contributed by atoms with Gasteiger partial charge in [-0.15, -0.1) is 11.3 Å². The highest BCUT2D eigenvalue weighted by atomic mass is 32.2. The van der Waals surface area contributed by atoms with Crippen LogP contribution in [0.25, 0.3) is 0 Å². The lowest BCUT2D eigenvalue weighted by atomic mass is 9.84. The van der Waals surface area contributed by atoms with Crippen molar-refractivity contribution in [2.45, 2.75) is 56.4 Å². The van der Waals surface area contributed by atoms with E-state index in [1.165, 1.54) is 22.1 Å². The Morgan fingerprint density at radius 3 is 2.55 bits per heavy atom. The molecule has 33 heavy (non-hydrogen) atoms. The molecule has 1 aliphatic carbocycles. The average Bonchev–Trinajstić information content (AvgIpc) is 3.31. The van der Waals surface area contributed by atoms with Crippen LogP contribution >= 0.6 is 11.3 Å². The standard InChI is InChI=1S/C23H30N4O4S2/c1-17-7-9-19(10-8-17)33(30,31)26-12-13-27(21(28)16-26)20(15-18-5-3-2-4-6-18)22(29)25-23-24-11-14-32-23/h7-11,14,18,20H,2-6,12-13,15-16H2,1H3,(H,24,25,29)/t20-/m0/s1. The molecule has 2 fully saturated rings. The minimum atomic E-state index is -3.77. The third-order valence-electron chi connectivity index (χ3n) is 6.50. The number of rotatable bonds is 7. The number of carbonyl (C=O) groups is 2. The number of anilines is 1. The molecule has 2 aromatic rings. The van der Waals surface area contributed by atoms with Gasteiger partial charge >= 0.3 is 0 Å². The number of nitrogens with zero attached hydrogens (tertiary/aromatic N) is 3. The van der Waals surface area contributed by atoms with Crippen LogP contribution in [0, 0.1) is 12.8 Å².